The van der Waals surface area contributed by atoms with Gasteiger partial charge < -0.3 is 10.4 Å². The number of aliphatic hydroxyl groups is 1. The molecule has 1 aromatic carbocycles. The van der Waals surface area contributed by atoms with E-state index in [1.165, 1.54) is 6.92 Å². The van der Waals surface area contributed by atoms with E-state index in [4.69, 9.17) is 5.11 Å². The van der Waals surface area contributed by atoms with Crippen molar-refractivity contribution in [3.05, 3.63) is 39.2 Å². The lowest BCUT2D eigenvalue weighted by atomic mass is 10.1. The molecule has 1 aromatic rings. The topological polar surface area (TPSA) is 92.5 Å². The van der Waals surface area contributed by atoms with Gasteiger partial charge in [-0.25, -0.2) is 4.39 Å². The maximum absolute atomic E-state index is 13.9. The van der Waals surface area contributed by atoms with Gasteiger partial charge in [-0.15, -0.1) is 0 Å². The zero-order chi connectivity index (χ0) is 15.8. The summed E-state index contributed by atoms with van der Waals surface area (Å²) in [5.41, 5.74) is -0.545. The highest BCUT2D eigenvalue weighted by molar-refractivity contribution is 5.95. The van der Waals surface area contributed by atoms with Gasteiger partial charge in [-0.1, -0.05) is 12.8 Å². The molecule has 0 radical (unpaired) electrons. The molecular weight excluding hydrogens is 279 g/mol. The van der Waals surface area contributed by atoms with Crippen molar-refractivity contribution >= 4 is 11.6 Å². The number of rotatable bonds is 8. The number of carbonyl (C=O) groups excluding carboxylic acids is 1. The average molecular weight is 298 g/mol. The minimum absolute atomic E-state index is 0.0669. The van der Waals surface area contributed by atoms with Crippen LogP contribution in [0.2, 0.25) is 0 Å². The molecule has 0 saturated heterocycles. The van der Waals surface area contributed by atoms with Gasteiger partial charge in [0.25, 0.3) is 11.6 Å². The first-order valence-electron chi connectivity index (χ1n) is 6.81. The highest BCUT2D eigenvalue weighted by Crippen LogP contribution is 2.20. The summed E-state index contributed by atoms with van der Waals surface area (Å²) in [6, 6.07) is 2.05. The van der Waals surface area contributed by atoms with Crippen molar-refractivity contribution in [2.24, 2.45) is 0 Å². The Kier molecular flexibility index (Phi) is 6.74. The fourth-order valence-electron chi connectivity index (χ4n) is 1.91. The van der Waals surface area contributed by atoms with Crippen LogP contribution in [0.15, 0.2) is 12.1 Å². The number of nitrogens with zero attached hydrogens (tertiary/aromatic N) is 1. The highest BCUT2D eigenvalue weighted by atomic mass is 19.1. The Bertz CT molecular complexity index is 520. The molecule has 116 valence electrons. The molecule has 0 aliphatic carbocycles. The molecule has 0 heterocycles. The predicted molar refractivity (Wildman–Crippen MR) is 75.7 cm³/mol. The quantitative estimate of drug-likeness (QED) is 0.437. The van der Waals surface area contributed by atoms with Crippen LogP contribution in [0.5, 0.6) is 0 Å². The van der Waals surface area contributed by atoms with E-state index < -0.39 is 16.6 Å². The van der Waals surface area contributed by atoms with E-state index in [-0.39, 0.29) is 23.4 Å². The number of amides is 1. The summed E-state index contributed by atoms with van der Waals surface area (Å²) >= 11 is 0. The Hall–Kier alpha value is -2.02. The number of aryl methyl sites for hydroxylation is 1. The number of halogens is 1. The van der Waals surface area contributed by atoms with Crippen LogP contribution in [0.25, 0.3) is 0 Å². The van der Waals surface area contributed by atoms with E-state index in [1.54, 1.807) is 0 Å². The van der Waals surface area contributed by atoms with E-state index in [9.17, 15) is 19.3 Å². The summed E-state index contributed by atoms with van der Waals surface area (Å²) in [4.78, 5) is 21.9. The first-order chi connectivity index (χ1) is 9.97. The van der Waals surface area contributed by atoms with Gasteiger partial charge in [0.2, 0.25) is 0 Å². The fourth-order valence-corrected chi connectivity index (χ4v) is 1.91. The normalized spacial score (nSPS) is 10.4. The lowest BCUT2D eigenvalue weighted by Gasteiger charge is -2.07. The first kappa shape index (κ1) is 17.0. The van der Waals surface area contributed by atoms with Crippen LogP contribution >= 0.6 is 0 Å². The summed E-state index contributed by atoms with van der Waals surface area (Å²) in [6.07, 6.45) is 3.13. The van der Waals surface area contributed by atoms with Crippen LogP contribution in [0.4, 0.5) is 10.1 Å². The minimum atomic E-state index is -0.738. The summed E-state index contributed by atoms with van der Waals surface area (Å²) in [5.74, 6) is -1.39. The molecule has 0 bridgehead atoms. The summed E-state index contributed by atoms with van der Waals surface area (Å²) in [7, 11) is 0. The Morgan fingerprint density at radius 3 is 2.62 bits per heavy atom. The number of hydrogen-bond acceptors (Lipinski definition) is 4. The zero-order valence-corrected chi connectivity index (χ0v) is 11.9. The molecule has 1 amide bonds. The van der Waals surface area contributed by atoms with Crippen molar-refractivity contribution in [1.29, 1.82) is 0 Å². The lowest BCUT2D eigenvalue weighted by molar-refractivity contribution is -0.385. The molecule has 21 heavy (non-hydrogen) atoms. The monoisotopic (exact) mass is 298 g/mol. The number of nitrogens with one attached hydrogen (secondary N) is 1. The molecule has 2 N–H and O–H groups in total. The van der Waals surface area contributed by atoms with Crippen molar-refractivity contribution in [1.82, 2.24) is 5.32 Å². The largest absolute Gasteiger partial charge is 0.396 e. The molecule has 0 fully saturated rings. The van der Waals surface area contributed by atoms with Crippen molar-refractivity contribution in [2.45, 2.75) is 32.6 Å². The number of nitro groups is 1. The number of non-ortho nitro benzene ring substituents is 1. The molecule has 0 aliphatic heterocycles. The van der Waals surface area contributed by atoms with Crippen molar-refractivity contribution < 1.29 is 19.2 Å². The molecule has 0 atom stereocenters. The van der Waals surface area contributed by atoms with Crippen LogP contribution in [-0.4, -0.2) is 29.1 Å². The zero-order valence-electron chi connectivity index (χ0n) is 11.9. The van der Waals surface area contributed by atoms with Gasteiger partial charge in [-0.2, -0.15) is 0 Å². The first-order valence-corrected chi connectivity index (χ1v) is 6.81. The number of carbonyl (C=O) groups is 1. The second kappa shape index (κ2) is 8.31. The van der Waals surface area contributed by atoms with E-state index in [0.717, 1.165) is 25.0 Å². The summed E-state index contributed by atoms with van der Waals surface area (Å²) in [5, 5.41) is 21.9. The van der Waals surface area contributed by atoms with E-state index in [0.29, 0.717) is 19.4 Å². The van der Waals surface area contributed by atoms with E-state index >= 15 is 0 Å². The van der Waals surface area contributed by atoms with Gasteiger partial charge in [0.1, 0.15) is 5.82 Å². The van der Waals surface area contributed by atoms with Crippen LogP contribution in [0, 0.1) is 22.9 Å². The highest BCUT2D eigenvalue weighted by Gasteiger charge is 2.19. The molecule has 1 rings (SSSR count). The smallest absolute Gasteiger partial charge is 0.270 e. The lowest BCUT2D eigenvalue weighted by Crippen LogP contribution is -2.25. The van der Waals surface area contributed by atoms with Gasteiger partial charge in [0.15, 0.2) is 0 Å². The predicted octanol–water partition coefficient (Wildman–Crippen LogP) is 2.32. The molecule has 0 aromatic heterocycles. The molecule has 0 unspecified atom stereocenters. The number of nitro benzene ring substituents is 1. The maximum Gasteiger partial charge on any atom is 0.270 e. The van der Waals surface area contributed by atoms with Crippen LogP contribution < -0.4 is 5.32 Å². The van der Waals surface area contributed by atoms with Crippen molar-refractivity contribution in [3.63, 3.8) is 0 Å². The van der Waals surface area contributed by atoms with E-state index in [1.807, 2.05) is 0 Å². The average Bonchev–Trinajstić information content (AvgIpc) is 2.44. The fraction of sp³-hybridized carbons (Fsp3) is 0.500. The molecule has 7 heteroatoms. The van der Waals surface area contributed by atoms with Gasteiger partial charge in [0.05, 0.1) is 10.5 Å². The van der Waals surface area contributed by atoms with Gasteiger partial charge in [-0.3, -0.25) is 14.9 Å². The van der Waals surface area contributed by atoms with Crippen molar-refractivity contribution in [2.75, 3.05) is 13.2 Å². The Morgan fingerprint density at radius 2 is 2.00 bits per heavy atom. The van der Waals surface area contributed by atoms with Crippen LogP contribution in [0.3, 0.4) is 0 Å². The number of unbranched alkanes of at least 4 members (excludes halogenated alkanes) is 3. The molecule has 6 nitrogen and oxygen atoms in total. The van der Waals surface area contributed by atoms with E-state index in [2.05, 4.69) is 5.32 Å². The number of aliphatic hydroxyl groups excluding tert-OH is 1. The molecule has 0 aliphatic rings. The second-order valence-corrected chi connectivity index (χ2v) is 4.78. The van der Waals surface area contributed by atoms with Crippen LogP contribution in [0.1, 0.15) is 41.6 Å². The van der Waals surface area contributed by atoms with Gasteiger partial charge in [-0.05, 0) is 25.3 Å². The third kappa shape index (κ3) is 5.11. The summed E-state index contributed by atoms with van der Waals surface area (Å²) in [6.45, 7) is 1.89. The number of hydrogen-bond donors (Lipinski definition) is 2. The Labute approximate surface area is 122 Å². The third-order valence-electron chi connectivity index (χ3n) is 3.07. The van der Waals surface area contributed by atoms with Gasteiger partial charge >= 0.3 is 0 Å². The minimum Gasteiger partial charge on any atom is -0.396 e. The van der Waals surface area contributed by atoms with Crippen LogP contribution in [-0.2, 0) is 0 Å². The van der Waals surface area contributed by atoms with Gasteiger partial charge in [0, 0.05) is 25.3 Å². The molecular formula is C14H19FN2O4. The van der Waals surface area contributed by atoms with Crippen molar-refractivity contribution in [3.8, 4) is 0 Å². The standard InChI is InChI=1S/C14H19FN2O4/c1-10-8-11(17(20)21)9-12(13(10)15)14(19)16-6-4-2-3-5-7-18/h8-9,18H,2-7H2,1H3,(H,16,19). The summed E-state index contributed by atoms with van der Waals surface area (Å²) < 4.78 is 13.9. The third-order valence-corrected chi connectivity index (χ3v) is 3.07. The second-order valence-electron chi connectivity index (χ2n) is 4.78. The SMILES string of the molecule is Cc1cc([N+](=O)[O-])cc(C(=O)NCCCCCCO)c1F. The maximum atomic E-state index is 13.9. The molecule has 0 spiro atoms. The number of benzene rings is 1. The molecule has 0 saturated carbocycles. The Morgan fingerprint density at radius 1 is 1.33 bits per heavy atom. The Balaban J connectivity index is 2.63.